The smallest absolute Gasteiger partial charge is 0.122 e. The number of hydrogen-bond acceptors (Lipinski definition) is 3. The Kier molecular flexibility index (Phi) is 5.48. The number of hydrogen-bond donors (Lipinski definition) is 2. The second-order valence-corrected chi connectivity index (χ2v) is 5.72. The number of methoxy groups -OCH3 is 1. The van der Waals surface area contributed by atoms with Crippen molar-refractivity contribution in [2.75, 3.05) is 7.11 Å². The van der Waals surface area contributed by atoms with Gasteiger partial charge in [-0.2, -0.15) is 0 Å². The topological polar surface area (TPSA) is 47.3 Å². The molecule has 2 rings (SSSR count). The highest BCUT2D eigenvalue weighted by atomic mass is 35.5. The molecule has 0 spiro atoms. The number of halogens is 2. The lowest BCUT2D eigenvalue weighted by molar-refractivity contribution is 0.410. The Labute approximate surface area is 135 Å². The van der Waals surface area contributed by atoms with Gasteiger partial charge in [-0.1, -0.05) is 41.4 Å². The maximum Gasteiger partial charge on any atom is 0.122 e. The first-order chi connectivity index (χ1) is 10.0. The van der Waals surface area contributed by atoms with Crippen LogP contribution in [-0.4, -0.2) is 7.11 Å². The van der Waals surface area contributed by atoms with Gasteiger partial charge < -0.3 is 4.74 Å². The van der Waals surface area contributed by atoms with Gasteiger partial charge in [-0.25, -0.2) is 0 Å². The summed E-state index contributed by atoms with van der Waals surface area (Å²) in [4.78, 5) is 0. The number of benzene rings is 2. The molecule has 5 heteroatoms. The second kappa shape index (κ2) is 7.14. The van der Waals surface area contributed by atoms with Gasteiger partial charge in [0.15, 0.2) is 0 Å². The number of rotatable bonds is 5. The van der Waals surface area contributed by atoms with E-state index < -0.39 is 0 Å². The summed E-state index contributed by atoms with van der Waals surface area (Å²) in [5.41, 5.74) is 6.05. The predicted molar refractivity (Wildman–Crippen MR) is 88.0 cm³/mol. The summed E-state index contributed by atoms with van der Waals surface area (Å²) in [6, 6.07) is 11.6. The van der Waals surface area contributed by atoms with E-state index >= 15 is 0 Å². The lowest BCUT2D eigenvalue weighted by Crippen LogP contribution is -2.29. The second-order valence-electron chi connectivity index (χ2n) is 4.90. The molecule has 0 saturated carbocycles. The zero-order chi connectivity index (χ0) is 15.4. The Bertz CT molecular complexity index is 632. The van der Waals surface area contributed by atoms with Gasteiger partial charge in [-0.15, -0.1) is 0 Å². The van der Waals surface area contributed by atoms with Gasteiger partial charge in [-0.05, 0) is 48.2 Å². The van der Waals surface area contributed by atoms with E-state index in [0.717, 1.165) is 22.4 Å². The van der Waals surface area contributed by atoms with E-state index in [1.54, 1.807) is 13.2 Å². The Morgan fingerprint density at radius 3 is 2.52 bits per heavy atom. The predicted octanol–water partition coefficient (Wildman–Crippen LogP) is 4.06. The zero-order valence-corrected chi connectivity index (χ0v) is 13.5. The number of nitrogens with one attached hydrogen (secondary N) is 1. The monoisotopic (exact) mass is 324 g/mol. The summed E-state index contributed by atoms with van der Waals surface area (Å²) >= 11 is 12.0. The minimum Gasteiger partial charge on any atom is -0.496 e. The van der Waals surface area contributed by atoms with Gasteiger partial charge in [0.2, 0.25) is 0 Å². The third-order valence-electron chi connectivity index (χ3n) is 3.46. The van der Waals surface area contributed by atoms with Crippen LogP contribution in [0.15, 0.2) is 36.4 Å². The normalized spacial score (nSPS) is 12.2. The first kappa shape index (κ1) is 16.1. The van der Waals surface area contributed by atoms with E-state index in [-0.39, 0.29) is 6.04 Å². The van der Waals surface area contributed by atoms with Crippen molar-refractivity contribution in [3.05, 3.63) is 63.1 Å². The third kappa shape index (κ3) is 3.89. The number of ether oxygens (including phenoxy) is 1. The molecule has 0 heterocycles. The maximum atomic E-state index is 6.05. The van der Waals surface area contributed by atoms with E-state index in [0.29, 0.717) is 16.5 Å². The quantitative estimate of drug-likeness (QED) is 0.644. The zero-order valence-electron chi connectivity index (χ0n) is 12.0. The molecule has 3 N–H and O–H groups in total. The van der Waals surface area contributed by atoms with E-state index in [2.05, 4.69) is 5.43 Å². The molecule has 1 atom stereocenters. The van der Waals surface area contributed by atoms with Crippen molar-refractivity contribution >= 4 is 23.2 Å². The molecule has 1 unspecified atom stereocenters. The standard InChI is InChI=1S/C16H18Cl2N2O/c1-10-3-5-12(9-16(10)21-2)15(20-19)8-11-4-6-13(17)14(18)7-11/h3-7,9,15,20H,8,19H2,1-2H3. The van der Waals surface area contributed by atoms with Gasteiger partial charge in [0, 0.05) is 0 Å². The SMILES string of the molecule is COc1cc(C(Cc2ccc(Cl)c(Cl)c2)NN)ccc1C. The van der Waals surface area contributed by atoms with Gasteiger partial charge in [0.1, 0.15) is 5.75 Å². The average Bonchev–Trinajstić information content (AvgIpc) is 2.49. The summed E-state index contributed by atoms with van der Waals surface area (Å²) < 4.78 is 5.36. The fourth-order valence-electron chi connectivity index (χ4n) is 2.23. The van der Waals surface area contributed by atoms with Gasteiger partial charge in [-0.3, -0.25) is 11.3 Å². The fourth-order valence-corrected chi connectivity index (χ4v) is 2.55. The Morgan fingerprint density at radius 2 is 1.90 bits per heavy atom. The first-order valence-electron chi connectivity index (χ1n) is 6.59. The van der Waals surface area contributed by atoms with Crippen LogP contribution in [0, 0.1) is 6.92 Å². The van der Waals surface area contributed by atoms with E-state index in [9.17, 15) is 0 Å². The van der Waals surface area contributed by atoms with Crippen LogP contribution in [0.3, 0.4) is 0 Å². The van der Waals surface area contributed by atoms with Crippen molar-refractivity contribution < 1.29 is 4.74 Å². The fraction of sp³-hybridized carbons (Fsp3) is 0.250. The minimum atomic E-state index is -0.0308. The molecule has 0 amide bonds. The molecule has 0 aliphatic heterocycles. The van der Waals surface area contributed by atoms with E-state index in [1.165, 1.54) is 0 Å². The summed E-state index contributed by atoms with van der Waals surface area (Å²) in [5, 5.41) is 1.10. The van der Waals surface area contributed by atoms with Crippen molar-refractivity contribution in [2.24, 2.45) is 5.84 Å². The molecule has 0 fully saturated rings. The van der Waals surface area contributed by atoms with Gasteiger partial charge >= 0.3 is 0 Å². The van der Waals surface area contributed by atoms with Crippen LogP contribution in [0.2, 0.25) is 10.0 Å². The third-order valence-corrected chi connectivity index (χ3v) is 4.20. The van der Waals surface area contributed by atoms with Crippen LogP contribution in [0.4, 0.5) is 0 Å². The number of aryl methyl sites for hydroxylation is 1. The Morgan fingerprint density at radius 1 is 1.14 bits per heavy atom. The highest BCUT2D eigenvalue weighted by Crippen LogP contribution is 2.27. The van der Waals surface area contributed by atoms with Gasteiger partial charge in [0.25, 0.3) is 0 Å². The molecular weight excluding hydrogens is 307 g/mol. The van der Waals surface area contributed by atoms with Crippen molar-refractivity contribution in [3.8, 4) is 5.75 Å². The lowest BCUT2D eigenvalue weighted by Gasteiger charge is -2.18. The largest absolute Gasteiger partial charge is 0.496 e. The molecule has 2 aromatic rings. The van der Waals surface area contributed by atoms with Gasteiger partial charge in [0.05, 0.1) is 23.2 Å². The first-order valence-corrected chi connectivity index (χ1v) is 7.35. The molecule has 0 saturated heterocycles. The van der Waals surface area contributed by atoms with Crippen LogP contribution < -0.4 is 16.0 Å². The summed E-state index contributed by atoms with van der Waals surface area (Å²) in [5.74, 6) is 6.55. The van der Waals surface area contributed by atoms with Crippen LogP contribution in [-0.2, 0) is 6.42 Å². The van der Waals surface area contributed by atoms with Crippen molar-refractivity contribution in [3.63, 3.8) is 0 Å². The molecule has 0 aliphatic rings. The Balaban J connectivity index is 2.25. The number of nitrogens with two attached hydrogens (primary N) is 1. The molecule has 0 bridgehead atoms. The summed E-state index contributed by atoms with van der Waals surface area (Å²) in [6.07, 6.45) is 0.708. The summed E-state index contributed by atoms with van der Waals surface area (Å²) in [7, 11) is 1.66. The molecule has 3 nitrogen and oxygen atoms in total. The van der Waals surface area contributed by atoms with Crippen molar-refractivity contribution in [1.29, 1.82) is 0 Å². The minimum absolute atomic E-state index is 0.0308. The summed E-state index contributed by atoms with van der Waals surface area (Å²) in [6.45, 7) is 2.01. The highest BCUT2D eigenvalue weighted by Gasteiger charge is 2.13. The molecule has 21 heavy (non-hydrogen) atoms. The highest BCUT2D eigenvalue weighted by molar-refractivity contribution is 6.42. The molecule has 0 radical (unpaired) electrons. The molecular formula is C16H18Cl2N2O. The van der Waals surface area contributed by atoms with Crippen LogP contribution >= 0.6 is 23.2 Å². The van der Waals surface area contributed by atoms with E-state index in [4.69, 9.17) is 33.8 Å². The molecule has 0 aliphatic carbocycles. The van der Waals surface area contributed by atoms with Crippen LogP contribution in [0.1, 0.15) is 22.7 Å². The lowest BCUT2D eigenvalue weighted by atomic mass is 9.98. The maximum absolute atomic E-state index is 6.05. The molecule has 112 valence electrons. The van der Waals surface area contributed by atoms with Crippen LogP contribution in [0.5, 0.6) is 5.75 Å². The van der Waals surface area contributed by atoms with Crippen molar-refractivity contribution in [1.82, 2.24) is 5.43 Å². The molecule has 2 aromatic carbocycles. The van der Waals surface area contributed by atoms with E-state index in [1.807, 2.05) is 37.3 Å². The van der Waals surface area contributed by atoms with Crippen LogP contribution in [0.25, 0.3) is 0 Å². The Hall–Kier alpha value is -1.26. The average molecular weight is 325 g/mol. The van der Waals surface area contributed by atoms with Crippen molar-refractivity contribution in [2.45, 2.75) is 19.4 Å². The molecule has 0 aromatic heterocycles. The number of hydrazine groups is 1.